The van der Waals surface area contributed by atoms with E-state index in [1.54, 1.807) is 5.54 Å². The van der Waals surface area contributed by atoms with Gasteiger partial charge in [-0.2, -0.15) is 0 Å². The van der Waals surface area contributed by atoms with Gasteiger partial charge in [0.15, 0.2) is 0 Å². The monoisotopic (exact) mass is 295 g/mol. The van der Waals surface area contributed by atoms with Crippen LogP contribution in [0.2, 0.25) is 5.02 Å². The molecule has 0 spiro atoms. The van der Waals surface area contributed by atoms with Crippen molar-refractivity contribution in [3.05, 3.63) is 46.5 Å². The molecule has 1 nitrogen and oxygen atoms in total. The van der Waals surface area contributed by atoms with Gasteiger partial charge in [0.05, 0.1) is 0 Å². The molecule has 0 saturated carbocycles. The zero-order chi connectivity index (χ0) is 13.4. The molecule has 2 heterocycles. The summed E-state index contributed by atoms with van der Waals surface area (Å²) < 4.78 is 0. The van der Waals surface area contributed by atoms with Gasteiger partial charge in [-0.3, -0.25) is 4.90 Å². The smallest absolute Gasteiger partial charge is 0.0406 e. The Labute approximate surface area is 125 Å². The largest absolute Gasteiger partial charge is 0.300 e. The SMILES string of the molecule is CN1C2CCC1[C@@H](/C=C\Cl)[C@@H](c1ccc(Cl)cc1)C2. The Morgan fingerprint density at radius 2 is 1.95 bits per heavy atom. The van der Waals surface area contributed by atoms with E-state index in [9.17, 15) is 0 Å². The van der Waals surface area contributed by atoms with Crippen molar-refractivity contribution in [2.75, 3.05) is 7.05 Å². The predicted octanol–water partition coefficient (Wildman–Crippen LogP) is 4.66. The standard InChI is InChI=1S/C16H19Cl2N/c1-19-13-6-7-16(19)14(8-9-17)15(10-13)11-2-4-12(18)5-3-11/h2-5,8-9,13-16H,6-7,10H2,1H3/b9-8-/t13?,14-,15+,16?/m0/s1. The molecule has 2 aliphatic rings. The minimum atomic E-state index is 0.516. The Kier molecular flexibility index (Phi) is 3.88. The fraction of sp³-hybridized carbons (Fsp3) is 0.500. The van der Waals surface area contributed by atoms with Crippen LogP contribution in [0.4, 0.5) is 0 Å². The fourth-order valence-electron chi connectivity index (χ4n) is 3.92. The van der Waals surface area contributed by atoms with Crippen LogP contribution in [0.25, 0.3) is 0 Å². The summed E-state index contributed by atoms with van der Waals surface area (Å²) in [5.41, 5.74) is 3.09. The third-order valence-electron chi connectivity index (χ3n) is 4.92. The van der Waals surface area contributed by atoms with Crippen molar-refractivity contribution in [3.8, 4) is 0 Å². The first-order chi connectivity index (χ1) is 9.20. The molecule has 19 heavy (non-hydrogen) atoms. The highest BCUT2D eigenvalue weighted by Gasteiger charge is 2.44. The maximum Gasteiger partial charge on any atom is 0.0406 e. The molecule has 0 aromatic heterocycles. The lowest BCUT2D eigenvalue weighted by molar-refractivity contribution is 0.124. The van der Waals surface area contributed by atoms with Crippen molar-refractivity contribution in [1.82, 2.24) is 4.90 Å². The molecule has 2 bridgehead atoms. The van der Waals surface area contributed by atoms with Crippen LogP contribution in [0.3, 0.4) is 0 Å². The zero-order valence-electron chi connectivity index (χ0n) is 11.1. The first-order valence-corrected chi connectivity index (χ1v) is 7.76. The van der Waals surface area contributed by atoms with Gasteiger partial charge in [0.25, 0.3) is 0 Å². The molecule has 0 amide bonds. The van der Waals surface area contributed by atoms with Crippen molar-refractivity contribution in [2.24, 2.45) is 5.92 Å². The van der Waals surface area contributed by atoms with Gasteiger partial charge in [0.2, 0.25) is 0 Å². The highest BCUT2D eigenvalue weighted by molar-refractivity contribution is 6.30. The zero-order valence-corrected chi connectivity index (χ0v) is 12.6. The van der Waals surface area contributed by atoms with E-state index in [4.69, 9.17) is 23.2 Å². The summed E-state index contributed by atoms with van der Waals surface area (Å²) in [6, 6.07) is 9.71. The summed E-state index contributed by atoms with van der Waals surface area (Å²) >= 11 is 11.9. The minimum Gasteiger partial charge on any atom is -0.300 e. The quantitative estimate of drug-likeness (QED) is 0.767. The van der Waals surface area contributed by atoms with E-state index in [-0.39, 0.29) is 0 Å². The molecule has 4 atom stereocenters. The van der Waals surface area contributed by atoms with Gasteiger partial charge < -0.3 is 0 Å². The summed E-state index contributed by atoms with van der Waals surface area (Å²) in [6.45, 7) is 0. The second kappa shape index (κ2) is 5.47. The Hall–Kier alpha value is -0.500. The van der Waals surface area contributed by atoms with Crippen LogP contribution in [0.5, 0.6) is 0 Å². The van der Waals surface area contributed by atoms with E-state index < -0.39 is 0 Å². The summed E-state index contributed by atoms with van der Waals surface area (Å²) in [5, 5.41) is 0.809. The predicted molar refractivity (Wildman–Crippen MR) is 81.9 cm³/mol. The van der Waals surface area contributed by atoms with Crippen molar-refractivity contribution in [2.45, 2.75) is 37.3 Å². The van der Waals surface area contributed by atoms with E-state index in [2.05, 4.69) is 30.2 Å². The van der Waals surface area contributed by atoms with Crippen molar-refractivity contribution >= 4 is 23.2 Å². The lowest BCUT2D eigenvalue weighted by atomic mass is 9.76. The number of piperidine rings is 1. The number of rotatable bonds is 2. The fourth-order valence-corrected chi connectivity index (χ4v) is 4.22. The highest BCUT2D eigenvalue weighted by Crippen LogP contribution is 2.46. The van der Waals surface area contributed by atoms with Gasteiger partial charge in [-0.1, -0.05) is 41.4 Å². The van der Waals surface area contributed by atoms with E-state index >= 15 is 0 Å². The van der Waals surface area contributed by atoms with Crippen molar-refractivity contribution < 1.29 is 0 Å². The third-order valence-corrected chi connectivity index (χ3v) is 5.32. The molecule has 0 N–H and O–H groups in total. The Bertz CT molecular complexity index is 468. The second-order valence-electron chi connectivity index (χ2n) is 5.75. The third kappa shape index (κ3) is 2.44. The van der Waals surface area contributed by atoms with E-state index in [1.807, 2.05) is 12.1 Å². The van der Waals surface area contributed by atoms with E-state index in [1.165, 1.54) is 24.8 Å². The first kappa shape index (κ1) is 13.5. The van der Waals surface area contributed by atoms with Crippen LogP contribution >= 0.6 is 23.2 Å². The molecule has 2 saturated heterocycles. The van der Waals surface area contributed by atoms with E-state index in [0.717, 1.165) is 11.1 Å². The molecule has 0 aliphatic carbocycles. The molecule has 2 aliphatic heterocycles. The average molecular weight is 296 g/mol. The molecule has 3 heteroatoms. The van der Waals surface area contributed by atoms with Gasteiger partial charge in [-0.25, -0.2) is 0 Å². The maximum atomic E-state index is 6.00. The number of hydrogen-bond acceptors (Lipinski definition) is 1. The normalized spacial score (nSPS) is 35.1. The average Bonchev–Trinajstić information content (AvgIpc) is 2.65. The molecular formula is C16H19Cl2N. The first-order valence-electron chi connectivity index (χ1n) is 6.95. The molecule has 2 unspecified atom stereocenters. The Morgan fingerprint density at radius 3 is 2.63 bits per heavy atom. The van der Waals surface area contributed by atoms with Gasteiger partial charge in [0.1, 0.15) is 0 Å². The highest BCUT2D eigenvalue weighted by atomic mass is 35.5. The van der Waals surface area contributed by atoms with Crippen LogP contribution in [0.1, 0.15) is 30.7 Å². The molecular weight excluding hydrogens is 277 g/mol. The summed E-state index contributed by atoms with van der Waals surface area (Å²) in [5.74, 6) is 1.09. The molecule has 3 rings (SSSR count). The summed E-state index contributed by atoms with van der Waals surface area (Å²) in [7, 11) is 2.26. The van der Waals surface area contributed by atoms with Gasteiger partial charge in [0, 0.05) is 28.6 Å². The van der Waals surface area contributed by atoms with Crippen molar-refractivity contribution in [1.29, 1.82) is 0 Å². The number of benzene rings is 1. The van der Waals surface area contributed by atoms with Crippen LogP contribution in [0.15, 0.2) is 35.9 Å². The van der Waals surface area contributed by atoms with Gasteiger partial charge >= 0.3 is 0 Å². The molecule has 2 fully saturated rings. The van der Waals surface area contributed by atoms with Crippen LogP contribution in [-0.2, 0) is 0 Å². The summed E-state index contributed by atoms with van der Waals surface area (Å²) in [6.07, 6.45) is 6.01. The maximum absolute atomic E-state index is 6.00. The van der Waals surface area contributed by atoms with Crippen LogP contribution < -0.4 is 0 Å². The number of halogens is 2. The molecule has 0 radical (unpaired) electrons. The summed E-state index contributed by atoms with van der Waals surface area (Å²) in [4.78, 5) is 2.55. The Morgan fingerprint density at radius 1 is 1.21 bits per heavy atom. The second-order valence-corrected chi connectivity index (χ2v) is 6.44. The van der Waals surface area contributed by atoms with Gasteiger partial charge in [-0.05, 0) is 49.9 Å². The molecule has 1 aromatic rings. The van der Waals surface area contributed by atoms with Crippen LogP contribution in [-0.4, -0.2) is 24.0 Å². The van der Waals surface area contributed by atoms with Crippen molar-refractivity contribution in [3.63, 3.8) is 0 Å². The van der Waals surface area contributed by atoms with Crippen LogP contribution in [0, 0.1) is 5.92 Å². The van der Waals surface area contributed by atoms with E-state index in [0.29, 0.717) is 17.9 Å². The topological polar surface area (TPSA) is 3.24 Å². The van der Waals surface area contributed by atoms with Gasteiger partial charge in [-0.15, -0.1) is 0 Å². The molecule has 102 valence electrons. The molecule has 1 aromatic carbocycles. The minimum absolute atomic E-state index is 0.516. The number of nitrogens with zero attached hydrogens (tertiary/aromatic N) is 1. The lowest BCUT2D eigenvalue weighted by Crippen LogP contribution is -2.44. The number of hydrogen-bond donors (Lipinski definition) is 0. The number of fused-ring (bicyclic) bond motifs is 2. The lowest BCUT2D eigenvalue weighted by Gasteiger charge is -2.42. The Balaban J connectivity index is 1.93.